The Kier molecular flexibility index (Phi) is 3.15. The Labute approximate surface area is 61.3 Å². The van der Waals surface area contributed by atoms with E-state index >= 15 is 0 Å². The Hall–Kier alpha value is -0.770. The summed E-state index contributed by atoms with van der Waals surface area (Å²) in [6, 6.07) is 0. The fourth-order valence-electron chi connectivity index (χ4n) is 0.346. The van der Waals surface area contributed by atoms with Gasteiger partial charge in [0.1, 0.15) is 0 Å². The average Bonchev–Trinajstić information content (AvgIpc) is 1.85. The minimum atomic E-state index is -0.274. The standard InChI is InChI=1S/C6H15N3O/c1-6(2,10-3)4-9-5(7)8/h4H2,1-3H3,(H4,7,8,9). The summed E-state index contributed by atoms with van der Waals surface area (Å²) >= 11 is 0. The number of ether oxygens (including phenoxy) is 1. The molecule has 4 heteroatoms. The van der Waals surface area contributed by atoms with E-state index in [-0.39, 0.29) is 11.6 Å². The summed E-state index contributed by atoms with van der Waals surface area (Å²) < 4.78 is 5.07. The Balaban J connectivity index is 3.78. The first-order valence-corrected chi connectivity index (χ1v) is 3.08. The average molecular weight is 145 g/mol. The molecule has 0 spiro atoms. The Morgan fingerprint density at radius 2 is 2.00 bits per heavy atom. The fraction of sp³-hybridized carbons (Fsp3) is 0.833. The zero-order chi connectivity index (χ0) is 8.20. The molecule has 0 saturated heterocycles. The molecule has 4 nitrogen and oxygen atoms in total. The molecule has 0 heterocycles. The van der Waals surface area contributed by atoms with Crippen molar-refractivity contribution in [2.24, 2.45) is 16.5 Å². The summed E-state index contributed by atoms with van der Waals surface area (Å²) in [5.74, 6) is 0.102. The Bertz CT molecular complexity index is 127. The van der Waals surface area contributed by atoms with Crippen LogP contribution in [-0.2, 0) is 4.74 Å². The number of aliphatic imine (C=N–C) groups is 1. The Morgan fingerprint density at radius 3 is 2.30 bits per heavy atom. The van der Waals surface area contributed by atoms with Crippen molar-refractivity contribution in [2.45, 2.75) is 19.4 Å². The van der Waals surface area contributed by atoms with Crippen molar-refractivity contribution in [3.8, 4) is 0 Å². The normalized spacial score (nSPS) is 11.1. The third kappa shape index (κ3) is 4.14. The first-order valence-electron chi connectivity index (χ1n) is 3.08. The van der Waals surface area contributed by atoms with E-state index in [1.165, 1.54) is 0 Å². The van der Waals surface area contributed by atoms with Crippen LogP contribution in [0.4, 0.5) is 0 Å². The van der Waals surface area contributed by atoms with Crippen LogP contribution in [-0.4, -0.2) is 25.2 Å². The second kappa shape index (κ2) is 3.41. The lowest BCUT2D eigenvalue weighted by atomic mass is 10.1. The van der Waals surface area contributed by atoms with Gasteiger partial charge in [0.25, 0.3) is 0 Å². The van der Waals surface area contributed by atoms with E-state index < -0.39 is 0 Å². The number of hydrogen-bond donors (Lipinski definition) is 2. The molecule has 0 aliphatic rings. The molecular weight excluding hydrogens is 130 g/mol. The maximum Gasteiger partial charge on any atom is 0.186 e. The van der Waals surface area contributed by atoms with Gasteiger partial charge in [-0.1, -0.05) is 0 Å². The monoisotopic (exact) mass is 145 g/mol. The molecule has 0 aromatic carbocycles. The van der Waals surface area contributed by atoms with Gasteiger partial charge in [-0.2, -0.15) is 0 Å². The first-order chi connectivity index (χ1) is 4.48. The van der Waals surface area contributed by atoms with Gasteiger partial charge in [0.05, 0.1) is 12.1 Å². The van der Waals surface area contributed by atoms with Gasteiger partial charge in [0.2, 0.25) is 0 Å². The van der Waals surface area contributed by atoms with Gasteiger partial charge < -0.3 is 16.2 Å². The zero-order valence-electron chi connectivity index (χ0n) is 6.72. The molecule has 0 aliphatic heterocycles. The largest absolute Gasteiger partial charge is 0.377 e. The van der Waals surface area contributed by atoms with Crippen molar-refractivity contribution in [1.29, 1.82) is 0 Å². The quantitative estimate of drug-likeness (QED) is 0.422. The van der Waals surface area contributed by atoms with Crippen molar-refractivity contribution >= 4 is 5.96 Å². The number of guanidine groups is 1. The second-order valence-electron chi connectivity index (χ2n) is 2.70. The third-order valence-electron chi connectivity index (χ3n) is 1.19. The van der Waals surface area contributed by atoms with E-state index in [9.17, 15) is 0 Å². The van der Waals surface area contributed by atoms with Crippen LogP contribution in [0.25, 0.3) is 0 Å². The summed E-state index contributed by atoms with van der Waals surface area (Å²) in [5.41, 5.74) is 9.98. The van der Waals surface area contributed by atoms with Crippen LogP contribution >= 0.6 is 0 Å². The highest BCUT2D eigenvalue weighted by Crippen LogP contribution is 2.06. The van der Waals surface area contributed by atoms with Crippen LogP contribution in [0.1, 0.15) is 13.8 Å². The van der Waals surface area contributed by atoms with Crippen molar-refractivity contribution in [3.05, 3.63) is 0 Å². The Morgan fingerprint density at radius 1 is 1.50 bits per heavy atom. The summed E-state index contributed by atoms with van der Waals surface area (Å²) in [7, 11) is 1.63. The van der Waals surface area contributed by atoms with Crippen molar-refractivity contribution < 1.29 is 4.74 Å². The summed E-state index contributed by atoms with van der Waals surface area (Å²) in [4.78, 5) is 3.81. The number of methoxy groups -OCH3 is 1. The zero-order valence-corrected chi connectivity index (χ0v) is 6.72. The van der Waals surface area contributed by atoms with Gasteiger partial charge in [-0.05, 0) is 13.8 Å². The van der Waals surface area contributed by atoms with Gasteiger partial charge in [-0.3, -0.25) is 4.99 Å². The van der Waals surface area contributed by atoms with Crippen LogP contribution in [0.15, 0.2) is 4.99 Å². The maximum atomic E-state index is 5.13. The number of hydrogen-bond acceptors (Lipinski definition) is 2. The predicted octanol–water partition coefficient (Wildman–Crippen LogP) is -0.315. The number of nitrogens with zero attached hydrogens (tertiary/aromatic N) is 1. The van der Waals surface area contributed by atoms with Gasteiger partial charge in [0.15, 0.2) is 5.96 Å². The van der Waals surface area contributed by atoms with Crippen LogP contribution in [0, 0.1) is 0 Å². The highest BCUT2D eigenvalue weighted by Gasteiger charge is 2.14. The molecule has 0 rings (SSSR count). The lowest BCUT2D eigenvalue weighted by Crippen LogP contribution is -2.30. The molecule has 60 valence electrons. The molecular formula is C6H15N3O. The summed E-state index contributed by atoms with van der Waals surface area (Å²) in [6.45, 7) is 4.32. The summed E-state index contributed by atoms with van der Waals surface area (Å²) in [5, 5.41) is 0. The van der Waals surface area contributed by atoms with E-state index in [0.29, 0.717) is 6.54 Å². The van der Waals surface area contributed by atoms with Gasteiger partial charge in [-0.15, -0.1) is 0 Å². The van der Waals surface area contributed by atoms with Crippen LogP contribution in [0.3, 0.4) is 0 Å². The molecule has 0 fully saturated rings. The van der Waals surface area contributed by atoms with E-state index in [1.54, 1.807) is 7.11 Å². The molecule has 0 unspecified atom stereocenters. The minimum Gasteiger partial charge on any atom is -0.377 e. The topological polar surface area (TPSA) is 73.6 Å². The molecule has 0 amide bonds. The van der Waals surface area contributed by atoms with Crippen molar-refractivity contribution in [1.82, 2.24) is 0 Å². The highest BCUT2D eigenvalue weighted by atomic mass is 16.5. The van der Waals surface area contributed by atoms with E-state index in [1.807, 2.05) is 13.8 Å². The maximum absolute atomic E-state index is 5.13. The lowest BCUT2D eigenvalue weighted by Gasteiger charge is -2.19. The van der Waals surface area contributed by atoms with Crippen molar-refractivity contribution in [2.75, 3.05) is 13.7 Å². The molecule has 4 N–H and O–H groups in total. The summed E-state index contributed by atoms with van der Waals surface area (Å²) in [6.07, 6.45) is 0. The fourth-order valence-corrected chi connectivity index (χ4v) is 0.346. The first kappa shape index (κ1) is 9.23. The molecule has 0 aromatic heterocycles. The van der Waals surface area contributed by atoms with Crippen molar-refractivity contribution in [3.63, 3.8) is 0 Å². The van der Waals surface area contributed by atoms with Crippen LogP contribution in [0.2, 0.25) is 0 Å². The molecule has 0 bridgehead atoms. The molecule has 10 heavy (non-hydrogen) atoms. The van der Waals surface area contributed by atoms with Crippen LogP contribution in [0.5, 0.6) is 0 Å². The van der Waals surface area contributed by atoms with Gasteiger partial charge in [0, 0.05) is 7.11 Å². The second-order valence-corrected chi connectivity index (χ2v) is 2.70. The van der Waals surface area contributed by atoms with E-state index in [0.717, 1.165) is 0 Å². The lowest BCUT2D eigenvalue weighted by molar-refractivity contribution is 0.0311. The smallest absolute Gasteiger partial charge is 0.186 e. The molecule has 0 aromatic rings. The molecule has 0 aliphatic carbocycles. The van der Waals surface area contributed by atoms with Gasteiger partial charge in [-0.25, -0.2) is 0 Å². The highest BCUT2D eigenvalue weighted by molar-refractivity contribution is 5.75. The van der Waals surface area contributed by atoms with E-state index in [2.05, 4.69) is 4.99 Å². The predicted molar refractivity (Wildman–Crippen MR) is 41.8 cm³/mol. The minimum absolute atomic E-state index is 0.102. The van der Waals surface area contributed by atoms with Crippen LogP contribution < -0.4 is 11.5 Å². The van der Waals surface area contributed by atoms with E-state index in [4.69, 9.17) is 16.2 Å². The SMILES string of the molecule is COC(C)(C)CN=C(N)N. The van der Waals surface area contributed by atoms with Gasteiger partial charge >= 0.3 is 0 Å². The molecule has 0 saturated carbocycles. The molecule has 0 radical (unpaired) electrons. The third-order valence-corrected chi connectivity index (χ3v) is 1.19. The number of nitrogens with two attached hydrogens (primary N) is 2. The molecule has 0 atom stereocenters. The number of rotatable bonds is 3.